The summed E-state index contributed by atoms with van der Waals surface area (Å²) in [5.41, 5.74) is 1.32. The summed E-state index contributed by atoms with van der Waals surface area (Å²) in [4.78, 5) is 37.3. The number of rotatable bonds is 4. The number of nitro benzene ring substituents is 1. The van der Waals surface area contributed by atoms with E-state index in [9.17, 15) is 19.7 Å². The molecule has 1 aromatic heterocycles. The van der Waals surface area contributed by atoms with Gasteiger partial charge in [-0.2, -0.15) is 0 Å². The fourth-order valence-corrected chi connectivity index (χ4v) is 2.49. The minimum atomic E-state index is -0.551. The average molecular weight is 323 g/mol. The summed E-state index contributed by atoms with van der Waals surface area (Å²) < 4.78 is 0. The molecule has 0 spiro atoms. The van der Waals surface area contributed by atoms with Crippen molar-refractivity contribution in [2.24, 2.45) is 0 Å². The molecule has 0 saturated carbocycles. The average Bonchev–Trinajstić information content (AvgIpc) is 2.98. The Bertz CT molecular complexity index is 961. The third-order valence-electron chi connectivity index (χ3n) is 3.52. The number of nitro groups is 1. The SMILES string of the molecule is CC(=O)Nc1cc([N+](=O)[O-])cc2[nH]c(C(=O)c3ccccc3)cc12. The van der Waals surface area contributed by atoms with Crippen LogP contribution in [0.25, 0.3) is 10.9 Å². The topological polar surface area (TPSA) is 105 Å². The Labute approximate surface area is 136 Å². The van der Waals surface area contributed by atoms with E-state index in [1.165, 1.54) is 19.1 Å². The summed E-state index contributed by atoms with van der Waals surface area (Å²) in [6.45, 7) is 1.31. The number of aromatic amines is 1. The highest BCUT2D eigenvalue weighted by Crippen LogP contribution is 2.30. The van der Waals surface area contributed by atoms with E-state index in [0.29, 0.717) is 22.2 Å². The van der Waals surface area contributed by atoms with Gasteiger partial charge in [0.25, 0.3) is 5.69 Å². The van der Waals surface area contributed by atoms with E-state index in [2.05, 4.69) is 10.3 Å². The van der Waals surface area contributed by atoms with Crippen LogP contribution >= 0.6 is 0 Å². The van der Waals surface area contributed by atoms with Crippen LogP contribution in [-0.2, 0) is 4.79 Å². The molecular formula is C17H13N3O4. The molecule has 7 nitrogen and oxygen atoms in total. The number of amides is 1. The zero-order valence-corrected chi connectivity index (χ0v) is 12.7. The molecule has 0 unspecified atom stereocenters. The normalized spacial score (nSPS) is 10.5. The molecule has 0 radical (unpaired) electrons. The molecule has 24 heavy (non-hydrogen) atoms. The summed E-state index contributed by atoms with van der Waals surface area (Å²) in [6.07, 6.45) is 0. The molecule has 0 saturated heterocycles. The minimum Gasteiger partial charge on any atom is -0.352 e. The number of benzene rings is 2. The third kappa shape index (κ3) is 2.87. The van der Waals surface area contributed by atoms with Crippen molar-refractivity contribution in [2.45, 2.75) is 6.92 Å². The molecule has 1 heterocycles. The van der Waals surface area contributed by atoms with Gasteiger partial charge in [-0.05, 0) is 6.07 Å². The lowest BCUT2D eigenvalue weighted by Crippen LogP contribution is -2.06. The van der Waals surface area contributed by atoms with Crippen molar-refractivity contribution in [3.8, 4) is 0 Å². The monoisotopic (exact) mass is 323 g/mol. The van der Waals surface area contributed by atoms with Gasteiger partial charge in [-0.1, -0.05) is 30.3 Å². The number of carbonyl (C=O) groups is 2. The van der Waals surface area contributed by atoms with Crippen molar-refractivity contribution in [1.82, 2.24) is 4.98 Å². The maximum absolute atomic E-state index is 12.5. The number of non-ortho nitro benzene ring substituents is 1. The van der Waals surface area contributed by atoms with Gasteiger partial charge in [0.1, 0.15) is 0 Å². The Hall–Kier alpha value is -3.48. The van der Waals surface area contributed by atoms with Crippen molar-refractivity contribution < 1.29 is 14.5 Å². The number of fused-ring (bicyclic) bond motifs is 1. The molecule has 0 atom stereocenters. The van der Waals surface area contributed by atoms with Gasteiger partial charge in [0.2, 0.25) is 11.7 Å². The number of hydrogen-bond donors (Lipinski definition) is 2. The number of aromatic nitrogens is 1. The molecule has 0 fully saturated rings. The highest BCUT2D eigenvalue weighted by molar-refractivity contribution is 6.12. The molecule has 7 heteroatoms. The number of H-pyrrole nitrogens is 1. The Morgan fingerprint density at radius 3 is 2.46 bits per heavy atom. The molecule has 2 N–H and O–H groups in total. The molecule has 0 aliphatic carbocycles. The van der Waals surface area contributed by atoms with Crippen LogP contribution in [0.1, 0.15) is 23.0 Å². The second kappa shape index (κ2) is 5.96. The first-order valence-electron chi connectivity index (χ1n) is 7.14. The van der Waals surface area contributed by atoms with Gasteiger partial charge in [-0.25, -0.2) is 0 Å². The molecule has 2 aromatic carbocycles. The first-order valence-corrected chi connectivity index (χ1v) is 7.14. The smallest absolute Gasteiger partial charge is 0.273 e. The van der Waals surface area contributed by atoms with Gasteiger partial charge in [0.05, 0.1) is 21.8 Å². The highest BCUT2D eigenvalue weighted by atomic mass is 16.6. The first kappa shape index (κ1) is 15.4. The summed E-state index contributed by atoms with van der Waals surface area (Å²) in [7, 11) is 0. The van der Waals surface area contributed by atoms with E-state index in [4.69, 9.17) is 0 Å². The Morgan fingerprint density at radius 1 is 1.12 bits per heavy atom. The van der Waals surface area contributed by atoms with Gasteiger partial charge >= 0.3 is 0 Å². The molecule has 0 aliphatic heterocycles. The van der Waals surface area contributed by atoms with E-state index < -0.39 is 4.92 Å². The van der Waals surface area contributed by atoms with Crippen LogP contribution in [0.15, 0.2) is 48.5 Å². The van der Waals surface area contributed by atoms with Crippen LogP contribution in [0, 0.1) is 10.1 Å². The number of ketones is 1. The molecule has 3 aromatic rings. The highest BCUT2D eigenvalue weighted by Gasteiger charge is 2.18. The van der Waals surface area contributed by atoms with Crippen molar-refractivity contribution in [3.05, 3.63) is 69.9 Å². The van der Waals surface area contributed by atoms with E-state index >= 15 is 0 Å². The van der Waals surface area contributed by atoms with Crippen molar-refractivity contribution >= 4 is 34.0 Å². The number of nitrogens with zero attached hydrogens (tertiary/aromatic N) is 1. The zero-order chi connectivity index (χ0) is 17.3. The van der Waals surface area contributed by atoms with E-state index in [0.717, 1.165) is 0 Å². The molecule has 0 aliphatic rings. The molecule has 1 amide bonds. The maximum Gasteiger partial charge on any atom is 0.273 e. The zero-order valence-electron chi connectivity index (χ0n) is 12.7. The second-order valence-corrected chi connectivity index (χ2v) is 5.27. The minimum absolute atomic E-state index is 0.174. The molecular weight excluding hydrogens is 310 g/mol. The van der Waals surface area contributed by atoms with Crippen LogP contribution in [0.4, 0.5) is 11.4 Å². The van der Waals surface area contributed by atoms with Gasteiger partial charge in [-0.3, -0.25) is 19.7 Å². The third-order valence-corrected chi connectivity index (χ3v) is 3.52. The maximum atomic E-state index is 12.5. The molecule has 0 bridgehead atoms. The van der Waals surface area contributed by atoms with Gasteiger partial charge in [0, 0.05) is 30.0 Å². The Balaban J connectivity index is 2.14. The summed E-state index contributed by atoms with van der Waals surface area (Å²) in [5, 5.41) is 14.2. The lowest BCUT2D eigenvalue weighted by Gasteiger charge is -2.03. The van der Waals surface area contributed by atoms with Gasteiger partial charge < -0.3 is 10.3 Å². The predicted octanol–water partition coefficient (Wildman–Crippen LogP) is 3.27. The summed E-state index contributed by atoms with van der Waals surface area (Å²) >= 11 is 0. The van der Waals surface area contributed by atoms with Crippen LogP contribution in [0.5, 0.6) is 0 Å². The Morgan fingerprint density at radius 2 is 1.83 bits per heavy atom. The number of anilines is 1. The number of hydrogen-bond acceptors (Lipinski definition) is 4. The quantitative estimate of drug-likeness (QED) is 0.436. The fraction of sp³-hybridized carbons (Fsp3) is 0.0588. The number of carbonyl (C=O) groups excluding carboxylic acids is 2. The molecule has 3 rings (SSSR count). The number of nitrogens with one attached hydrogen (secondary N) is 2. The van der Waals surface area contributed by atoms with Crippen LogP contribution in [0.3, 0.4) is 0 Å². The van der Waals surface area contributed by atoms with Crippen LogP contribution in [0.2, 0.25) is 0 Å². The summed E-state index contributed by atoms with van der Waals surface area (Å²) in [5.74, 6) is -0.586. The largest absolute Gasteiger partial charge is 0.352 e. The fourth-order valence-electron chi connectivity index (χ4n) is 2.49. The van der Waals surface area contributed by atoms with E-state index in [1.807, 2.05) is 0 Å². The molecule has 120 valence electrons. The van der Waals surface area contributed by atoms with E-state index in [-0.39, 0.29) is 23.1 Å². The van der Waals surface area contributed by atoms with Gasteiger partial charge in [0.15, 0.2) is 0 Å². The summed E-state index contributed by atoms with van der Waals surface area (Å²) in [6, 6.07) is 12.9. The lowest BCUT2D eigenvalue weighted by molar-refractivity contribution is -0.384. The van der Waals surface area contributed by atoms with Crippen LogP contribution in [-0.4, -0.2) is 21.6 Å². The van der Waals surface area contributed by atoms with Crippen molar-refractivity contribution in [1.29, 1.82) is 0 Å². The van der Waals surface area contributed by atoms with Gasteiger partial charge in [-0.15, -0.1) is 0 Å². The second-order valence-electron chi connectivity index (χ2n) is 5.27. The van der Waals surface area contributed by atoms with Crippen molar-refractivity contribution in [3.63, 3.8) is 0 Å². The van der Waals surface area contributed by atoms with Crippen molar-refractivity contribution in [2.75, 3.05) is 5.32 Å². The Kier molecular flexibility index (Phi) is 3.83. The standard InChI is InChI=1S/C17H13N3O4/c1-10(21)18-14-7-12(20(23)24)8-15-13(14)9-16(19-15)17(22)11-5-3-2-4-6-11/h2-9,19H,1H3,(H,18,21). The first-order chi connectivity index (χ1) is 11.5. The van der Waals surface area contributed by atoms with Crippen LogP contribution < -0.4 is 5.32 Å². The lowest BCUT2D eigenvalue weighted by atomic mass is 10.1. The predicted molar refractivity (Wildman–Crippen MR) is 89.1 cm³/mol. The van der Waals surface area contributed by atoms with E-state index in [1.54, 1.807) is 36.4 Å².